The Morgan fingerprint density at radius 1 is 1.47 bits per heavy atom. The molecule has 1 amide bonds. The summed E-state index contributed by atoms with van der Waals surface area (Å²) in [5.74, 6) is -0.389. The van der Waals surface area contributed by atoms with Crippen molar-refractivity contribution in [2.45, 2.75) is 19.9 Å². The zero-order chi connectivity index (χ0) is 14.6. The number of benzene rings is 1. The molecule has 19 heavy (non-hydrogen) atoms. The summed E-state index contributed by atoms with van der Waals surface area (Å²) in [4.78, 5) is 12.1. The summed E-state index contributed by atoms with van der Waals surface area (Å²) in [6, 6.07) is 4.33. The van der Waals surface area contributed by atoms with Crippen LogP contribution in [-0.2, 0) is 0 Å². The Labute approximate surface area is 124 Å². The molecule has 0 fully saturated rings. The van der Waals surface area contributed by atoms with Gasteiger partial charge in [0.15, 0.2) is 5.84 Å². The molecule has 0 aliphatic rings. The number of hydrogen-bond donors (Lipinski definition) is 3. The Kier molecular flexibility index (Phi) is 5.62. The molecule has 4 N–H and O–H groups in total. The van der Waals surface area contributed by atoms with E-state index in [9.17, 15) is 4.79 Å². The Balaban J connectivity index is 2.94. The molecule has 0 aliphatic heterocycles. The van der Waals surface area contributed by atoms with Crippen molar-refractivity contribution < 1.29 is 10.0 Å². The van der Waals surface area contributed by atoms with Crippen LogP contribution in [0.3, 0.4) is 0 Å². The third-order valence-electron chi connectivity index (χ3n) is 2.51. The molecule has 1 aromatic carbocycles. The number of oxime groups is 1. The highest BCUT2D eigenvalue weighted by Crippen LogP contribution is 2.19. The third kappa shape index (κ3) is 4.40. The SMILES string of the molecule is CC(C)C(NC(=O)c1cc(Cl)cc(Br)c1)/C(N)=N/O. The van der Waals surface area contributed by atoms with E-state index in [1.807, 2.05) is 13.8 Å². The minimum absolute atomic E-state index is 0.0116. The Morgan fingerprint density at radius 2 is 2.11 bits per heavy atom. The number of halogens is 2. The lowest BCUT2D eigenvalue weighted by Crippen LogP contribution is -2.47. The molecular formula is C12H15BrClN3O2. The molecule has 0 aliphatic carbocycles. The zero-order valence-corrected chi connectivity index (χ0v) is 12.9. The Hall–Kier alpha value is -1.27. The molecule has 7 heteroatoms. The third-order valence-corrected chi connectivity index (χ3v) is 3.19. The van der Waals surface area contributed by atoms with Crippen LogP contribution in [0.1, 0.15) is 24.2 Å². The number of nitrogens with one attached hydrogen (secondary N) is 1. The van der Waals surface area contributed by atoms with Crippen molar-refractivity contribution in [2.75, 3.05) is 0 Å². The normalized spacial score (nSPS) is 13.4. The standard InChI is InChI=1S/C12H15BrClN3O2/c1-6(2)10(11(15)17-19)16-12(18)7-3-8(13)5-9(14)4-7/h3-6,10,19H,1-2H3,(H2,15,17)(H,16,18). The van der Waals surface area contributed by atoms with Crippen LogP contribution >= 0.6 is 27.5 Å². The van der Waals surface area contributed by atoms with Gasteiger partial charge in [0.1, 0.15) is 0 Å². The molecule has 0 aromatic heterocycles. The number of rotatable bonds is 4. The van der Waals surface area contributed by atoms with Gasteiger partial charge in [0.25, 0.3) is 5.91 Å². The van der Waals surface area contributed by atoms with E-state index in [2.05, 4.69) is 26.4 Å². The highest BCUT2D eigenvalue weighted by atomic mass is 79.9. The summed E-state index contributed by atoms with van der Waals surface area (Å²) in [6.07, 6.45) is 0. The van der Waals surface area contributed by atoms with Crippen LogP contribution in [0.5, 0.6) is 0 Å². The molecule has 104 valence electrons. The van der Waals surface area contributed by atoms with Crippen molar-refractivity contribution in [2.24, 2.45) is 16.8 Å². The maximum Gasteiger partial charge on any atom is 0.251 e. The molecular weight excluding hydrogens is 334 g/mol. The number of nitrogens with two attached hydrogens (primary N) is 1. The predicted molar refractivity (Wildman–Crippen MR) is 78.7 cm³/mol. The van der Waals surface area contributed by atoms with Gasteiger partial charge in [0.2, 0.25) is 0 Å². The van der Waals surface area contributed by atoms with Gasteiger partial charge in [0.05, 0.1) is 6.04 Å². The van der Waals surface area contributed by atoms with E-state index in [1.165, 1.54) is 0 Å². The molecule has 0 saturated heterocycles. The minimum atomic E-state index is -0.546. The molecule has 5 nitrogen and oxygen atoms in total. The monoisotopic (exact) mass is 347 g/mol. The Morgan fingerprint density at radius 3 is 2.58 bits per heavy atom. The lowest BCUT2D eigenvalue weighted by molar-refractivity contribution is 0.0938. The van der Waals surface area contributed by atoms with Gasteiger partial charge in [-0.2, -0.15) is 0 Å². The van der Waals surface area contributed by atoms with E-state index in [0.29, 0.717) is 15.1 Å². The van der Waals surface area contributed by atoms with Gasteiger partial charge in [-0.15, -0.1) is 0 Å². The Bertz CT molecular complexity index is 485. The van der Waals surface area contributed by atoms with Crippen LogP contribution in [0.25, 0.3) is 0 Å². The first kappa shape index (κ1) is 15.8. The van der Waals surface area contributed by atoms with Crippen molar-refractivity contribution in [1.29, 1.82) is 0 Å². The van der Waals surface area contributed by atoms with Crippen molar-refractivity contribution in [3.8, 4) is 0 Å². The van der Waals surface area contributed by atoms with Crippen molar-refractivity contribution in [3.05, 3.63) is 33.3 Å². The van der Waals surface area contributed by atoms with E-state index in [4.69, 9.17) is 22.5 Å². The first-order valence-electron chi connectivity index (χ1n) is 5.59. The zero-order valence-electron chi connectivity index (χ0n) is 10.5. The largest absolute Gasteiger partial charge is 0.409 e. The van der Waals surface area contributed by atoms with Gasteiger partial charge in [-0.1, -0.05) is 46.5 Å². The predicted octanol–water partition coefficient (Wildman–Crippen LogP) is 2.60. The minimum Gasteiger partial charge on any atom is -0.409 e. The van der Waals surface area contributed by atoms with E-state index in [-0.39, 0.29) is 17.7 Å². The maximum atomic E-state index is 12.1. The molecule has 0 saturated carbocycles. The number of carbonyl (C=O) groups excluding carboxylic acids is 1. The van der Waals surface area contributed by atoms with Gasteiger partial charge in [0, 0.05) is 15.1 Å². The van der Waals surface area contributed by atoms with Gasteiger partial charge < -0.3 is 16.3 Å². The first-order chi connectivity index (χ1) is 8.85. The maximum absolute atomic E-state index is 12.1. The topological polar surface area (TPSA) is 87.7 Å². The molecule has 0 bridgehead atoms. The van der Waals surface area contributed by atoms with Crippen molar-refractivity contribution >= 4 is 39.3 Å². The van der Waals surface area contributed by atoms with Gasteiger partial charge in [-0.3, -0.25) is 4.79 Å². The quantitative estimate of drug-likeness (QED) is 0.338. The fraction of sp³-hybridized carbons (Fsp3) is 0.333. The molecule has 0 spiro atoms. The van der Waals surface area contributed by atoms with E-state index in [0.717, 1.165) is 0 Å². The van der Waals surface area contributed by atoms with E-state index < -0.39 is 6.04 Å². The molecule has 0 heterocycles. The summed E-state index contributed by atoms with van der Waals surface area (Å²) < 4.78 is 0.704. The fourth-order valence-electron chi connectivity index (χ4n) is 1.55. The molecule has 1 unspecified atom stereocenters. The lowest BCUT2D eigenvalue weighted by atomic mass is 10.0. The summed E-state index contributed by atoms with van der Waals surface area (Å²) in [5, 5.41) is 14.8. The lowest BCUT2D eigenvalue weighted by Gasteiger charge is -2.21. The summed E-state index contributed by atoms with van der Waals surface area (Å²) in [6.45, 7) is 3.72. The van der Waals surface area contributed by atoms with Crippen LogP contribution in [0.15, 0.2) is 27.8 Å². The molecule has 0 radical (unpaired) electrons. The van der Waals surface area contributed by atoms with E-state index in [1.54, 1.807) is 18.2 Å². The number of amidine groups is 1. The highest BCUT2D eigenvalue weighted by Gasteiger charge is 2.21. The molecule has 1 aromatic rings. The van der Waals surface area contributed by atoms with E-state index >= 15 is 0 Å². The summed E-state index contributed by atoms with van der Waals surface area (Å²) in [5.41, 5.74) is 5.95. The van der Waals surface area contributed by atoms with Gasteiger partial charge in [-0.25, -0.2) is 0 Å². The van der Waals surface area contributed by atoms with Crippen LogP contribution in [0.2, 0.25) is 5.02 Å². The summed E-state index contributed by atoms with van der Waals surface area (Å²) in [7, 11) is 0. The number of carbonyl (C=O) groups is 1. The second-order valence-electron chi connectivity index (χ2n) is 4.38. The highest BCUT2D eigenvalue weighted by molar-refractivity contribution is 9.10. The molecule has 1 rings (SSSR count). The van der Waals surface area contributed by atoms with Crippen LogP contribution in [0.4, 0.5) is 0 Å². The number of amides is 1. The smallest absolute Gasteiger partial charge is 0.251 e. The number of nitrogens with zero attached hydrogens (tertiary/aromatic N) is 1. The number of hydrogen-bond acceptors (Lipinski definition) is 3. The summed E-state index contributed by atoms with van der Waals surface area (Å²) >= 11 is 9.15. The van der Waals surface area contributed by atoms with Gasteiger partial charge >= 0.3 is 0 Å². The van der Waals surface area contributed by atoms with Crippen molar-refractivity contribution in [3.63, 3.8) is 0 Å². The second kappa shape index (κ2) is 6.77. The van der Waals surface area contributed by atoms with Crippen molar-refractivity contribution in [1.82, 2.24) is 5.32 Å². The second-order valence-corrected chi connectivity index (χ2v) is 5.73. The van der Waals surface area contributed by atoms with Crippen LogP contribution < -0.4 is 11.1 Å². The average molecular weight is 349 g/mol. The fourth-order valence-corrected chi connectivity index (χ4v) is 2.41. The van der Waals surface area contributed by atoms with Crippen LogP contribution in [-0.4, -0.2) is 23.0 Å². The van der Waals surface area contributed by atoms with Crippen LogP contribution in [0, 0.1) is 5.92 Å². The van der Waals surface area contributed by atoms with Gasteiger partial charge in [-0.05, 0) is 24.1 Å². The molecule has 1 atom stereocenters. The first-order valence-corrected chi connectivity index (χ1v) is 6.76. The average Bonchev–Trinajstić information content (AvgIpc) is 2.33.